The molecule has 4 rings (SSSR count). The molecule has 0 bridgehead atoms. The summed E-state index contributed by atoms with van der Waals surface area (Å²) in [6, 6.07) is 14.9. The minimum absolute atomic E-state index is 0.0935. The Kier molecular flexibility index (Phi) is 4.61. The predicted molar refractivity (Wildman–Crippen MR) is 101 cm³/mol. The molecular weight excluding hydrogens is 378 g/mol. The zero-order valence-electron chi connectivity index (χ0n) is 14.9. The maximum absolute atomic E-state index is 12.7. The number of nitriles is 1. The highest BCUT2D eigenvalue weighted by Crippen LogP contribution is 2.31. The molecule has 1 saturated heterocycles. The number of nitrogens with zero attached hydrogens (tertiary/aromatic N) is 3. The van der Waals surface area contributed by atoms with Crippen LogP contribution < -0.4 is 0 Å². The monoisotopic (exact) mass is 395 g/mol. The molecule has 0 amide bonds. The molecule has 0 unspecified atom stereocenters. The molecule has 2 aliphatic rings. The summed E-state index contributed by atoms with van der Waals surface area (Å²) in [5, 5.41) is 8.83. The van der Waals surface area contributed by atoms with Gasteiger partial charge < -0.3 is 9.64 Å². The van der Waals surface area contributed by atoms with Gasteiger partial charge >= 0.3 is 5.97 Å². The van der Waals surface area contributed by atoms with Crippen LogP contribution in [0.1, 0.15) is 29.5 Å². The van der Waals surface area contributed by atoms with Crippen molar-refractivity contribution in [3.05, 3.63) is 65.2 Å². The van der Waals surface area contributed by atoms with Crippen molar-refractivity contribution in [1.82, 2.24) is 4.90 Å². The summed E-state index contributed by atoms with van der Waals surface area (Å²) in [5.41, 5.74) is 1.84. The maximum atomic E-state index is 12.7. The van der Waals surface area contributed by atoms with Crippen LogP contribution in [0.25, 0.3) is 0 Å². The zero-order valence-corrected chi connectivity index (χ0v) is 15.7. The molecule has 142 valence electrons. The summed E-state index contributed by atoms with van der Waals surface area (Å²) in [7, 11) is -3.74. The second kappa shape index (κ2) is 7.09. The van der Waals surface area contributed by atoms with Crippen LogP contribution in [0.4, 0.5) is 0 Å². The number of amidine groups is 1. The predicted octanol–water partition coefficient (Wildman–Crippen LogP) is 2.21. The number of carbonyl (C=O) groups is 1. The third-order valence-electron chi connectivity index (χ3n) is 4.87. The normalized spacial score (nSPS) is 19.6. The molecular formula is C20H17N3O4S. The Morgan fingerprint density at radius 3 is 2.71 bits per heavy atom. The first kappa shape index (κ1) is 18.2. The summed E-state index contributed by atoms with van der Waals surface area (Å²) in [4.78, 5) is 14.6. The van der Waals surface area contributed by atoms with Gasteiger partial charge in [-0.1, -0.05) is 24.3 Å². The molecule has 8 heteroatoms. The van der Waals surface area contributed by atoms with Crippen molar-refractivity contribution in [3.63, 3.8) is 0 Å². The van der Waals surface area contributed by atoms with Crippen LogP contribution >= 0.6 is 0 Å². The lowest BCUT2D eigenvalue weighted by Crippen LogP contribution is -2.41. The van der Waals surface area contributed by atoms with Crippen LogP contribution in [0.3, 0.4) is 0 Å². The molecule has 7 nitrogen and oxygen atoms in total. The highest BCUT2D eigenvalue weighted by molar-refractivity contribution is 7.90. The first-order valence-corrected chi connectivity index (χ1v) is 10.3. The molecule has 28 heavy (non-hydrogen) atoms. The molecule has 0 N–H and O–H groups in total. The fraction of sp³-hybridized carbons (Fsp3) is 0.250. The molecule has 2 aromatic carbocycles. The molecule has 0 saturated carbocycles. The van der Waals surface area contributed by atoms with Crippen molar-refractivity contribution in [2.45, 2.75) is 30.4 Å². The summed E-state index contributed by atoms with van der Waals surface area (Å²) in [6.07, 6.45) is 1.32. The van der Waals surface area contributed by atoms with Gasteiger partial charge in [-0.3, -0.25) is 0 Å². The highest BCUT2D eigenvalue weighted by atomic mass is 32.2. The van der Waals surface area contributed by atoms with Crippen molar-refractivity contribution < 1.29 is 17.9 Å². The van der Waals surface area contributed by atoms with E-state index < -0.39 is 22.0 Å². The van der Waals surface area contributed by atoms with Gasteiger partial charge in [0.2, 0.25) is 0 Å². The van der Waals surface area contributed by atoms with Crippen molar-refractivity contribution in [3.8, 4) is 6.07 Å². The number of hydrogen-bond acceptors (Lipinski definition) is 6. The van der Waals surface area contributed by atoms with E-state index in [1.54, 1.807) is 47.4 Å². The number of esters is 1. The van der Waals surface area contributed by atoms with Crippen LogP contribution in [0.2, 0.25) is 0 Å². The number of sulfonamides is 1. The average molecular weight is 395 g/mol. The van der Waals surface area contributed by atoms with Gasteiger partial charge in [0.05, 0.1) is 11.6 Å². The van der Waals surface area contributed by atoms with E-state index in [4.69, 9.17) is 10.00 Å². The number of hydrogen-bond donors (Lipinski definition) is 0. The Morgan fingerprint density at radius 2 is 1.96 bits per heavy atom. The lowest BCUT2D eigenvalue weighted by atomic mass is 10.1. The number of rotatable bonds is 3. The van der Waals surface area contributed by atoms with E-state index in [0.717, 1.165) is 12.0 Å². The molecule has 2 aromatic rings. The molecule has 1 fully saturated rings. The number of fused-ring (bicyclic) bond motifs is 1. The van der Waals surface area contributed by atoms with Gasteiger partial charge in [0, 0.05) is 12.1 Å². The van der Waals surface area contributed by atoms with E-state index in [-0.39, 0.29) is 11.5 Å². The Morgan fingerprint density at radius 1 is 1.21 bits per heavy atom. The molecule has 2 aliphatic heterocycles. The third kappa shape index (κ3) is 3.25. The SMILES string of the molecule is N#Cc1ccc(COC(=O)[C@@H]2CCCN2C2=NS(=O)(=O)c3ccccc32)cc1. The number of ether oxygens (including phenoxy) is 1. The van der Waals surface area contributed by atoms with Crippen LogP contribution in [0, 0.1) is 11.3 Å². The summed E-state index contributed by atoms with van der Waals surface area (Å²) in [6.45, 7) is 0.634. The minimum atomic E-state index is -3.74. The van der Waals surface area contributed by atoms with Crippen LogP contribution in [-0.2, 0) is 26.2 Å². The first-order chi connectivity index (χ1) is 13.5. The van der Waals surface area contributed by atoms with Gasteiger partial charge in [0.25, 0.3) is 10.0 Å². The van der Waals surface area contributed by atoms with Gasteiger partial charge in [-0.05, 0) is 42.7 Å². The van der Waals surface area contributed by atoms with E-state index >= 15 is 0 Å². The van der Waals surface area contributed by atoms with Crippen LogP contribution in [0.5, 0.6) is 0 Å². The fourth-order valence-corrected chi connectivity index (χ4v) is 4.70. The van der Waals surface area contributed by atoms with Crippen molar-refractivity contribution in [2.75, 3.05) is 6.54 Å². The molecule has 0 radical (unpaired) electrons. The maximum Gasteiger partial charge on any atom is 0.329 e. The summed E-state index contributed by atoms with van der Waals surface area (Å²) >= 11 is 0. The molecule has 1 atom stereocenters. The molecule has 0 aliphatic carbocycles. The lowest BCUT2D eigenvalue weighted by Gasteiger charge is -2.25. The van der Waals surface area contributed by atoms with Crippen LogP contribution in [0.15, 0.2) is 57.8 Å². The quantitative estimate of drug-likeness (QED) is 0.739. The topological polar surface area (TPSA) is 99.8 Å². The fourth-order valence-electron chi connectivity index (χ4n) is 3.49. The van der Waals surface area contributed by atoms with E-state index in [2.05, 4.69) is 4.40 Å². The van der Waals surface area contributed by atoms with Gasteiger partial charge in [-0.25, -0.2) is 4.79 Å². The van der Waals surface area contributed by atoms with Gasteiger partial charge in [-0.15, -0.1) is 4.40 Å². The van der Waals surface area contributed by atoms with E-state index in [1.807, 2.05) is 6.07 Å². The first-order valence-electron chi connectivity index (χ1n) is 8.86. The van der Waals surface area contributed by atoms with Crippen LogP contribution in [-0.4, -0.2) is 37.7 Å². The van der Waals surface area contributed by atoms with Gasteiger partial charge in [0.1, 0.15) is 17.5 Å². The number of likely N-dealkylation sites (tertiary alicyclic amines) is 1. The molecule has 0 aromatic heterocycles. The Bertz CT molecular complexity index is 1100. The van der Waals surface area contributed by atoms with Crippen molar-refractivity contribution >= 4 is 21.8 Å². The standard InChI is InChI=1S/C20H17N3O4S/c21-12-14-7-9-15(10-8-14)13-27-20(24)17-5-3-11-23(17)19-16-4-1-2-6-18(16)28(25,26)22-19/h1-2,4,6-10,17H,3,5,11,13H2/t17-/m0/s1. The smallest absolute Gasteiger partial charge is 0.329 e. The Hall–Kier alpha value is -3.18. The minimum Gasteiger partial charge on any atom is -0.459 e. The Labute approximate surface area is 162 Å². The summed E-state index contributed by atoms with van der Waals surface area (Å²) < 4.78 is 34.0. The number of benzene rings is 2. The molecule has 0 spiro atoms. The average Bonchev–Trinajstić information content (AvgIpc) is 3.29. The van der Waals surface area contributed by atoms with E-state index in [9.17, 15) is 13.2 Å². The van der Waals surface area contributed by atoms with Crippen molar-refractivity contribution in [1.29, 1.82) is 5.26 Å². The third-order valence-corrected chi connectivity index (χ3v) is 6.20. The summed E-state index contributed by atoms with van der Waals surface area (Å²) in [5.74, 6) is -0.0974. The van der Waals surface area contributed by atoms with Gasteiger partial charge in [-0.2, -0.15) is 13.7 Å². The van der Waals surface area contributed by atoms with E-state index in [1.165, 1.54) is 6.07 Å². The number of carbonyl (C=O) groups excluding carboxylic acids is 1. The lowest BCUT2D eigenvalue weighted by molar-refractivity contribution is -0.149. The second-order valence-electron chi connectivity index (χ2n) is 6.65. The largest absolute Gasteiger partial charge is 0.459 e. The second-order valence-corrected chi connectivity index (χ2v) is 8.23. The zero-order chi connectivity index (χ0) is 19.7. The van der Waals surface area contributed by atoms with Gasteiger partial charge in [0.15, 0.2) is 5.84 Å². The van der Waals surface area contributed by atoms with E-state index in [0.29, 0.717) is 29.9 Å². The highest BCUT2D eigenvalue weighted by Gasteiger charge is 2.39. The Balaban J connectivity index is 1.51. The van der Waals surface area contributed by atoms with Crippen molar-refractivity contribution in [2.24, 2.45) is 4.40 Å². The molecule has 2 heterocycles.